The summed E-state index contributed by atoms with van der Waals surface area (Å²) in [7, 11) is 1.78. The van der Waals surface area contributed by atoms with Crippen LogP contribution in [0.4, 0.5) is 11.5 Å². The molecule has 0 aliphatic carbocycles. The van der Waals surface area contributed by atoms with Crippen LogP contribution in [0.1, 0.15) is 19.8 Å². The third-order valence-corrected chi connectivity index (χ3v) is 3.29. The van der Waals surface area contributed by atoms with Crippen molar-refractivity contribution in [1.29, 1.82) is 0 Å². The lowest BCUT2D eigenvalue weighted by Gasteiger charge is -2.40. The van der Waals surface area contributed by atoms with Gasteiger partial charge in [-0.3, -0.25) is 0 Å². The molecule has 4 nitrogen and oxygen atoms in total. The summed E-state index contributed by atoms with van der Waals surface area (Å²) in [4.78, 5) is 6.43. The Kier molecular flexibility index (Phi) is 3.01. The predicted octanol–water partition coefficient (Wildman–Crippen LogP) is 1.67. The van der Waals surface area contributed by atoms with Crippen molar-refractivity contribution in [2.75, 3.05) is 30.8 Å². The summed E-state index contributed by atoms with van der Waals surface area (Å²) in [5, 5.41) is 0. The summed E-state index contributed by atoms with van der Waals surface area (Å²) in [6, 6.07) is 3.86. The minimum Gasteiger partial charge on any atom is -0.384 e. The number of nitrogen functional groups attached to an aromatic ring is 1. The van der Waals surface area contributed by atoms with Crippen LogP contribution in [0.25, 0.3) is 0 Å². The van der Waals surface area contributed by atoms with Crippen molar-refractivity contribution in [1.82, 2.24) is 4.98 Å². The highest BCUT2D eigenvalue weighted by atomic mass is 16.5. The molecule has 2 N–H and O–H groups in total. The molecule has 2 rings (SSSR count). The average molecular weight is 221 g/mol. The number of nitrogens with two attached hydrogens (primary N) is 1. The van der Waals surface area contributed by atoms with Crippen molar-refractivity contribution in [2.24, 2.45) is 0 Å². The minimum atomic E-state index is -0.0420. The van der Waals surface area contributed by atoms with Gasteiger partial charge in [0, 0.05) is 20.2 Å². The third-order valence-electron chi connectivity index (χ3n) is 3.29. The maximum Gasteiger partial charge on any atom is 0.123 e. The van der Waals surface area contributed by atoms with Gasteiger partial charge in [0.2, 0.25) is 0 Å². The molecular formula is C12H19N3O. The topological polar surface area (TPSA) is 51.4 Å². The van der Waals surface area contributed by atoms with Gasteiger partial charge in [0.1, 0.15) is 5.82 Å². The fraction of sp³-hybridized carbons (Fsp3) is 0.583. The number of piperidine rings is 1. The summed E-state index contributed by atoms with van der Waals surface area (Å²) >= 11 is 0. The molecule has 0 aromatic carbocycles. The molecule has 1 aliphatic heterocycles. The van der Waals surface area contributed by atoms with Crippen molar-refractivity contribution in [3.63, 3.8) is 0 Å². The summed E-state index contributed by atoms with van der Waals surface area (Å²) < 4.78 is 5.57. The van der Waals surface area contributed by atoms with Crippen molar-refractivity contribution in [2.45, 2.75) is 25.4 Å². The van der Waals surface area contributed by atoms with Crippen molar-refractivity contribution in [3.05, 3.63) is 18.3 Å². The number of rotatable bonds is 2. The smallest absolute Gasteiger partial charge is 0.123 e. The van der Waals surface area contributed by atoms with E-state index in [1.807, 2.05) is 18.3 Å². The number of methoxy groups -OCH3 is 1. The second-order valence-corrected chi connectivity index (χ2v) is 4.62. The van der Waals surface area contributed by atoms with Crippen molar-refractivity contribution >= 4 is 11.5 Å². The number of nitrogens with zero attached hydrogens (tertiary/aromatic N) is 2. The number of hydrogen-bond acceptors (Lipinski definition) is 4. The van der Waals surface area contributed by atoms with Crippen LogP contribution in [0.3, 0.4) is 0 Å². The van der Waals surface area contributed by atoms with Crippen molar-refractivity contribution < 1.29 is 4.74 Å². The molecule has 16 heavy (non-hydrogen) atoms. The van der Waals surface area contributed by atoms with Crippen LogP contribution in [0.15, 0.2) is 18.3 Å². The van der Waals surface area contributed by atoms with Crippen LogP contribution in [-0.2, 0) is 4.74 Å². The number of hydrogen-bond donors (Lipinski definition) is 1. The molecule has 1 aromatic rings. The van der Waals surface area contributed by atoms with Gasteiger partial charge in [0.05, 0.1) is 17.5 Å². The quantitative estimate of drug-likeness (QED) is 0.825. The molecule has 0 bridgehead atoms. The van der Waals surface area contributed by atoms with E-state index in [2.05, 4.69) is 16.8 Å². The van der Waals surface area contributed by atoms with Gasteiger partial charge in [-0.05, 0) is 31.9 Å². The molecule has 0 spiro atoms. The van der Waals surface area contributed by atoms with Crippen LogP contribution in [-0.4, -0.2) is 30.8 Å². The monoisotopic (exact) mass is 221 g/mol. The Morgan fingerprint density at radius 3 is 2.94 bits per heavy atom. The van der Waals surface area contributed by atoms with Gasteiger partial charge in [0.15, 0.2) is 0 Å². The Bertz CT molecular complexity index is 352. The first kappa shape index (κ1) is 11.2. The fourth-order valence-corrected chi connectivity index (χ4v) is 2.18. The fourth-order valence-electron chi connectivity index (χ4n) is 2.18. The van der Waals surface area contributed by atoms with Crippen LogP contribution < -0.4 is 10.6 Å². The molecule has 1 aromatic heterocycles. The molecule has 1 aliphatic rings. The van der Waals surface area contributed by atoms with E-state index in [1.54, 1.807) is 7.11 Å². The summed E-state index contributed by atoms with van der Waals surface area (Å²) in [5.41, 5.74) is 6.66. The molecule has 1 fully saturated rings. The normalized spacial score (nSPS) is 25.8. The molecule has 0 saturated carbocycles. The summed E-state index contributed by atoms with van der Waals surface area (Å²) in [6.07, 6.45) is 4.09. The highest BCUT2D eigenvalue weighted by Gasteiger charge is 2.30. The minimum absolute atomic E-state index is 0.0420. The van der Waals surface area contributed by atoms with E-state index in [4.69, 9.17) is 10.5 Å². The molecule has 2 heterocycles. The summed E-state index contributed by atoms with van der Waals surface area (Å²) in [6.45, 7) is 4.13. The maximum atomic E-state index is 5.58. The Morgan fingerprint density at radius 1 is 1.50 bits per heavy atom. The second kappa shape index (κ2) is 4.29. The van der Waals surface area contributed by atoms with E-state index in [0.717, 1.165) is 31.6 Å². The van der Waals surface area contributed by atoms with E-state index in [9.17, 15) is 0 Å². The van der Waals surface area contributed by atoms with Gasteiger partial charge >= 0.3 is 0 Å². The largest absolute Gasteiger partial charge is 0.384 e. The van der Waals surface area contributed by atoms with Gasteiger partial charge < -0.3 is 15.4 Å². The molecule has 4 heteroatoms. The SMILES string of the molecule is COC1(C)CCCN(c2ccc(N)nc2)C1. The lowest BCUT2D eigenvalue weighted by molar-refractivity contribution is -0.00466. The van der Waals surface area contributed by atoms with E-state index < -0.39 is 0 Å². The predicted molar refractivity (Wildman–Crippen MR) is 65.5 cm³/mol. The van der Waals surface area contributed by atoms with Gasteiger partial charge in [-0.25, -0.2) is 4.98 Å². The lowest BCUT2D eigenvalue weighted by Crippen LogP contribution is -2.47. The first-order valence-corrected chi connectivity index (χ1v) is 5.65. The standard InChI is InChI=1S/C12H19N3O/c1-12(16-2)6-3-7-15(9-12)10-4-5-11(13)14-8-10/h4-5,8H,3,6-7,9H2,1-2H3,(H2,13,14). The van der Waals surface area contributed by atoms with Gasteiger partial charge in [0.25, 0.3) is 0 Å². The van der Waals surface area contributed by atoms with E-state index in [0.29, 0.717) is 5.82 Å². The Labute approximate surface area is 96.4 Å². The summed E-state index contributed by atoms with van der Waals surface area (Å²) in [5.74, 6) is 0.565. The van der Waals surface area contributed by atoms with E-state index in [1.165, 1.54) is 0 Å². The maximum absolute atomic E-state index is 5.58. The first-order chi connectivity index (χ1) is 7.63. The highest BCUT2D eigenvalue weighted by Crippen LogP contribution is 2.27. The zero-order valence-electron chi connectivity index (χ0n) is 9.94. The van der Waals surface area contributed by atoms with Crippen LogP contribution in [0.5, 0.6) is 0 Å². The van der Waals surface area contributed by atoms with Gasteiger partial charge in [-0.1, -0.05) is 0 Å². The number of pyridine rings is 1. The number of aromatic nitrogens is 1. The van der Waals surface area contributed by atoms with Crippen LogP contribution >= 0.6 is 0 Å². The molecule has 1 atom stereocenters. The first-order valence-electron chi connectivity index (χ1n) is 5.65. The molecule has 0 amide bonds. The lowest BCUT2D eigenvalue weighted by atomic mass is 9.94. The zero-order chi connectivity index (χ0) is 11.6. The Hall–Kier alpha value is -1.29. The van der Waals surface area contributed by atoms with Gasteiger partial charge in [-0.15, -0.1) is 0 Å². The molecule has 1 unspecified atom stereocenters. The molecule has 0 radical (unpaired) electrons. The van der Waals surface area contributed by atoms with Crippen LogP contribution in [0, 0.1) is 0 Å². The van der Waals surface area contributed by atoms with E-state index >= 15 is 0 Å². The van der Waals surface area contributed by atoms with Gasteiger partial charge in [-0.2, -0.15) is 0 Å². The molecular weight excluding hydrogens is 202 g/mol. The highest BCUT2D eigenvalue weighted by molar-refractivity contribution is 5.48. The van der Waals surface area contributed by atoms with Crippen molar-refractivity contribution in [3.8, 4) is 0 Å². The third kappa shape index (κ3) is 2.27. The molecule has 88 valence electrons. The second-order valence-electron chi connectivity index (χ2n) is 4.62. The average Bonchev–Trinajstić information content (AvgIpc) is 2.30. The number of ether oxygens (including phenoxy) is 1. The van der Waals surface area contributed by atoms with Crippen LogP contribution in [0.2, 0.25) is 0 Å². The number of anilines is 2. The van der Waals surface area contributed by atoms with E-state index in [-0.39, 0.29) is 5.60 Å². The Morgan fingerprint density at radius 2 is 2.31 bits per heavy atom. The zero-order valence-corrected chi connectivity index (χ0v) is 9.94. The molecule has 1 saturated heterocycles. The Balaban J connectivity index is 2.12.